The molecule has 0 bridgehead atoms. The third-order valence-corrected chi connectivity index (χ3v) is 5.39. The average molecular weight is 545 g/mol. The smallest absolute Gasteiger partial charge is 0.191 e. The second-order valence-corrected chi connectivity index (χ2v) is 9.15. The van der Waals surface area contributed by atoms with E-state index in [2.05, 4.69) is 51.7 Å². The topological polar surface area (TPSA) is 73.8 Å². The highest BCUT2D eigenvalue weighted by atomic mass is 127. The second kappa shape index (κ2) is 13.5. The van der Waals surface area contributed by atoms with Gasteiger partial charge in [-0.3, -0.25) is 4.99 Å². The zero-order valence-electron chi connectivity index (χ0n) is 18.0. The molecule has 0 amide bonds. The Morgan fingerprint density at radius 3 is 2.20 bits per heavy atom. The average Bonchev–Trinajstić information content (AvgIpc) is 2.71. The van der Waals surface area contributed by atoms with Gasteiger partial charge in [-0.2, -0.15) is 0 Å². The van der Waals surface area contributed by atoms with Gasteiger partial charge in [0.1, 0.15) is 0 Å². The summed E-state index contributed by atoms with van der Waals surface area (Å²) in [7, 11) is -1.25. The zero-order chi connectivity index (χ0) is 21.1. The van der Waals surface area contributed by atoms with Gasteiger partial charge in [0, 0.05) is 45.2 Å². The minimum atomic E-state index is -3.01. The van der Waals surface area contributed by atoms with E-state index >= 15 is 0 Å². The second-order valence-electron chi connectivity index (χ2n) is 7.01. The molecule has 0 atom stereocenters. The van der Waals surface area contributed by atoms with E-state index < -0.39 is 9.84 Å². The lowest BCUT2D eigenvalue weighted by molar-refractivity contribution is 0.601. The predicted octanol–water partition coefficient (Wildman–Crippen LogP) is 3.43. The fourth-order valence-electron chi connectivity index (χ4n) is 3.05. The Morgan fingerprint density at radius 2 is 1.63 bits per heavy atom. The first-order valence-corrected chi connectivity index (χ1v) is 12.0. The molecule has 2 rings (SSSR count). The molecule has 6 nitrogen and oxygen atoms in total. The molecule has 2 N–H and O–H groups in total. The van der Waals surface area contributed by atoms with E-state index in [0.717, 1.165) is 43.1 Å². The van der Waals surface area contributed by atoms with Crippen LogP contribution in [0.25, 0.3) is 0 Å². The largest absolute Gasteiger partial charge is 0.372 e. The molecule has 0 unspecified atom stereocenters. The van der Waals surface area contributed by atoms with Gasteiger partial charge < -0.3 is 15.5 Å². The van der Waals surface area contributed by atoms with Gasteiger partial charge in [0.2, 0.25) is 0 Å². The van der Waals surface area contributed by atoms with Gasteiger partial charge in [0.05, 0.1) is 5.75 Å². The Kier molecular flexibility index (Phi) is 11.8. The van der Waals surface area contributed by atoms with E-state index in [0.29, 0.717) is 6.54 Å². The lowest BCUT2D eigenvalue weighted by atomic mass is 10.1. The summed E-state index contributed by atoms with van der Waals surface area (Å²) >= 11 is 0. The quantitative estimate of drug-likeness (QED) is 0.208. The van der Waals surface area contributed by atoms with Crippen LogP contribution in [0.15, 0.2) is 59.6 Å². The highest BCUT2D eigenvalue weighted by Gasteiger charge is 2.05. The van der Waals surface area contributed by atoms with Gasteiger partial charge in [-0.1, -0.05) is 42.5 Å². The molecule has 0 heterocycles. The van der Waals surface area contributed by atoms with Crippen LogP contribution in [0.4, 0.5) is 5.69 Å². The number of anilines is 1. The van der Waals surface area contributed by atoms with Crippen molar-refractivity contribution in [1.82, 2.24) is 10.6 Å². The molecule has 0 aliphatic rings. The van der Waals surface area contributed by atoms with Crippen molar-refractivity contribution in [3.8, 4) is 0 Å². The van der Waals surface area contributed by atoms with Crippen LogP contribution in [0.1, 0.15) is 24.5 Å². The highest BCUT2D eigenvalue weighted by Crippen LogP contribution is 2.12. The Labute approximate surface area is 198 Å². The minimum absolute atomic E-state index is 0. The fraction of sp³-hybridized carbons (Fsp3) is 0.409. The summed E-state index contributed by atoms with van der Waals surface area (Å²) in [4.78, 5) is 6.62. The summed E-state index contributed by atoms with van der Waals surface area (Å²) in [5.41, 5.74) is 3.13. The molecule has 0 spiro atoms. The molecule has 0 fully saturated rings. The summed E-state index contributed by atoms with van der Waals surface area (Å²) in [5, 5.41) is 6.64. The summed E-state index contributed by atoms with van der Waals surface area (Å²) in [6, 6.07) is 18.0. The Balaban J connectivity index is 0.00000450. The summed E-state index contributed by atoms with van der Waals surface area (Å²) in [5.74, 6) is 0.829. The first kappa shape index (κ1) is 26.2. The molecular weight excluding hydrogens is 511 g/mol. The Hall–Kier alpha value is -1.81. The normalized spacial score (nSPS) is 11.5. The third-order valence-electron chi connectivity index (χ3n) is 4.54. The molecule has 8 heteroatoms. The van der Waals surface area contributed by atoms with Crippen molar-refractivity contribution >= 4 is 45.5 Å². The van der Waals surface area contributed by atoms with Crippen LogP contribution in [0.2, 0.25) is 0 Å². The maximum Gasteiger partial charge on any atom is 0.191 e. The van der Waals surface area contributed by atoms with Gasteiger partial charge in [-0.25, -0.2) is 8.42 Å². The van der Waals surface area contributed by atoms with Crippen LogP contribution in [0.3, 0.4) is 0 Å². The van der Waals surface area contributed by atoms with E-state index in [-0.39, 0.29) is 29.7 Å². The zero-order valence-corrected chi connectivity index (χ0v) is 21.1. The van der Waals surface area contributed by atoms with Crippen LogP contribution in [-0.4, -0.2) is 47.3 Å². The van der Waals surface area contributed by atoms with Crippen LogP contribution in [0.5, 0.6) is 0 Å². The lowest BCUT2D eigenvalue weighted by Gasteiger charge is -2.23. The maximum absolute atomic E-state index is 11.4. The molecule has 0 radical (unpaired) electrons. The lowest BCUT2D eigenvalue weighted by Crippen LogP contribution is -2.38. The number of hydrogen-bond acceptors (Lipinski definition) is 4. The van der Waals surface area contributed by atoms with E-state index in [1.807, 2.05) is 30.3 Å². The van der Waals surface area contributed by atoms with E-state index in [1.54, 1.807) is 7.05 Å². The number of hydrogen-bond donors (Lipinski definition) is 2. The van der Waals surface area contributed by atoms with Crippen molar-refractivity contribution in [1.29, 1.82) is 0 Å². The molecule has 0 saturated carbocycles. The number of halogens is 1. The van der Waals surface area contributed by atoms with Crippen molar-refractivity contribution in [2.45, 2.75) is 25.6 Å². The number of nitrogens with zero attached hydrogens (tertiary/aromatic N) is 2. The molecular formula is C22H33IN4O2S. The van der Waals surface area contributed by atoms with E-state index in [4.69, 9.17) is 0 Å². The maximum atomic E-state index is 11.4. The van der Waals surface area contributed by atoms with Crippen molar-refractivity contribution in [3.63, 3.8) is 0 Å². The number of benzene rings is 2. The van der Waals surface area contributed by atoms with Crippen LogP contribution < -0.4 is 15.5 Å². The monoisotopic (exact) mass is 544 g/mol. The number of guanidine groups is 1. The number of aliphatic imine (C=N–C) groups is 1. The molecule has 0 aliphatic heterocycles. The standard InChI is InChI=1S/C22H32N4O2S.HI/c1-4-26(21-9-6-5-7-10-21)16-8-15-24-22(23-2)25-17-19-11-13-20(14-12-19)18-29(3,27)28;/h5-7,9-14H,4,8,15-18H2,1-3H3,(H2,23,24,25);1H. The van der Waals surface area contributed by atoms with Gasteiger partial charge in [0.15, 0.2) is 15.8 Å². The molecule has 166 valence electrons. The number of para-hydroxylation sites is 1. The van der Waals surface area contributed by atoms with E-state index in [1.165, 1.54) is 11.9 Å². The Morgan fingerprint density at radius 1 is 1.00 bits per heavy atom. The third kappa shape index (κ3) is 9.80. The first-order chi connectivity index (χ1) is 13.9. The van der Waals surface area contributed by atoms with Crippen molar-refractivity contribution in [2.24, 2.45) is 4.99 Å². The highest BCUT2D eigenvalue weighted by molar-refractivity contribution is 14.0. The molecule has 0 saturated heterocycles. The fourth-order valence-corrected chi connectivity index (χ4v) is 3.85. The van der Waals surface area contributed by atoms with E-state index in [9.17, 15) is 8.42 Å². The van der Waals surface area contributed by atoms with Crippen LogP contribution in [-0.2, 0) is 22.1 Å². The van der Waals surface area contributed by atoms with Crippen LogP contribution >= 0.6 is 24.0 Å². The number of rotatable bonds is 10. The molecule has 30 heavy (non-hydrogen) atoms. The van der Waals surface area contributed by atoms with Crippen molar-refractivity contribution in [2.75, 3.05) is 37.8 Å². The molecule has 2 aromatic carbocycles. The SMILES string of the molecule is CCN(CCCNC(=NC)NCc1ccc(CS(C)(=O)=O)cc1)c1ccccc1.I. The minimum Gasteiger partial charge on any atom is -0.372 e. The van der Waals surface area contributed by atoms with Gasteiger partial charge in [-0.15, -0.1) is 24.0 Å². The first-order valence-electron chi connectivity index (χ1n) is 9.91. The predicted molar refractivity (Wildman–Crippen MR) is 138 cm³/mol. The van der Waals surface area contributed by atoms with Gasteiger partial charge in [-0.05, 0) is 36.6 Å². The summed E-state index contributed by atoms with van der Waals surface area (Å²) < 4.78 is 22.7. The Bertz CT molecular complexity index is 872. The van der Waals surface area contributed by atoms with Gasteiger partial charge in [0.25, 0.3) is 0 Å². The van der Waals surface area contributed by atoms with Crippen molar-refractivity contribution in [3.05, 3.63) is 65.7 Å². The van der Waals surface area contributed by atoms with Gasteiger partial charge >= 0.3 is 0 Å². The summed E-state index contributed by atoms with van der Waals surface area (Å²) in [6.07, 6.45) is 2.25. The molecule has 2 aromatic rings. The molecule has 0 aliphatic carbocycles. The number of nitrogens with one attached hydrogen (secondary N) is 2. The summed E-state index contributed by atoms with van der Waals surface area (Å²) in [6.45, 7) is 5.58. The van der Waals surface area contributed by atoms with Crippen LogP contribution in [0, 0.1) is 0 Å². The number of sulfone groups is 1. The molecule has 0 aromatic heterocycles. The van der Waals surface area contributed by atoms with Crippen molar-refractivity contribution < 1.29 is 8.42 Å².